The van der Waals surface area contributed by atoms with E-state index < -0.39 is 0 Å². The Hall–Kier alpha value is -3.48. The van der Waals surface area contributed by atoms with Gasteiger partial charge < -0.3 is 15.6 Å². The highest BCUT2D eigenvalue weighted by Crippen LogP contribution is 2.37. The largest absolute Gasteiger partial charge is 0.489 e. The first-order chi connectivity index (χ1) is 17.3. The molecule has 1 fully saturated rings. The second-order valence-corrected chi connectivity index (χ2v) is 8.71. The number of nitrogens with one attached hydrogen (secondary N) is 1. The van der Waals surface area contributed by atoms with E-state index in [4.69, 9.17) is 10.6 Å². The van der Waals surface area contributed by atoms with Crippen LogP contribution in [0.3, 0.4) is 0 Å². The molecular formula is C28H38N6O. The fourth-order valence-electron chi connectivity index (χ4n) is 4.54. The van der Waals surface area contributed by atoms with Crippen LogP contribution in [0.15, 0.2) is 80.6 Å². The maximum absolute atomic E-state index is 6.04. The zero-order valence-electron chi connectivity index (χ0n) is 20.8. The molecule has 3 N–H and O–H groups in total. The summed E-state index contributed by atoms with van der Waals surface area (Å²) >= 11 is 0. The average molecular weight is 475 g/mol. The number of allylic oxidation sites excluding steroid dienone is 1. The highest BCUT2D eigenvalue weighted by Gasteiger charge is 2.22. The van der Waals surface area contributed by atoms with Crippen molar-refractivity contribution in [3.8, 4) is 5.75 Å². The predicted octanol–water partition coefficient (Wildman–Crippen LogP) is 5.98. The molecule has 0 radical (unpaired) electrons. The van der Waals surface area contributed by atoms with Gasteiger partial charge in [-0.15, -0.1) is 0 Å². The zero-order chi connectivity index (χ0) is 24.6. The second kappa shape index (κ2) is 15.4. The summed E-state index contributed by atoms with van der Waals surface area (Å²) in [7, 11) is 1.73. The molecule has 186 valence electrons. The topological polar surface area (TPSA) is 96.7 Å². The summed E-state index contributed by atoms with van der Waals surface area (Å²) < 4.78 is 6.04. The highest BCUT2D eigenvalue weighted by molar-refractivity contribution is 6.11. The molecule has 2 aromatic carbocycles. The Kier molecular flexibility index (Phi) is 11.5. The van der Waals surface area contributed by atoms with Crippen LogP contribution in [0.5, 0.6) is 5.75 Å². The fraction of sp³-hybridized carbons (Fsp3) is 0.429. The molecular weight excluding hydrogens is 436 g/mol. The summed E-state index contributed by atoms with van der Waals surface area (Å²) in [5.74, 6) is 6.39. The van der Waals surface area contributed by atoms with Gasteiger partial charge in [-0.25, -0.2) is 0 Å². The fourth-order valence-corrected chi connectivity index (χ4v) is 4.54. The smallest absolute Gasteiger partial charge is 0.120 e. The third-order valence-corrected chi connectivity index (χ3v) is 6.26. The number of dihydropyridines is 1. The molecule has 0 bridgehead atoms. The van der Waals surface area contributed by atoms with Crippen LogP contribution in [0.25, 0.3) is 5.57 Å². The van der Waals surface area contributed by atoms with Gasteiger partial charge >= 0.3 is 0 Å². The second-order valence-electron chi connectivity index (χ2n) is 8.71. The number of nitrogens with two attached hydrogens (primary N) is 1. The molecule has 1 aliphatic heterocycles. The third-order valence-electron chi connectivity index (χ3n) is 6.26. The van der Waals surface area contributed by atoms with Crippen LogP contribution in [-0.2, 0) is 6.61 Å². The van der Waals surface area contributed by atoms with Gasteiger partial charge in [-0.1, -0.05) is 77.7 Å². The first-order valence-corrected chi connectivity index (χ1v) is 12.5. The zero-order valence-corrected chi connectivity index (χ0v) is 20.8. The monoisotopic (exact) mass is 474 g/mol. The molecule has 35 heavy (non-hydrogen) atoms. The number of rotatable bonds is 9. The number of benzene rings is 2. The number of ether oxygens (including phenoxy) is 1. The molecule has 7 nitrogen and oxygen atoms in total. The lowest BCUT2D eigenvalue weighted by molar-refractivity contribution is 0.306. The summed E-state index contributed by atoms with van der Waals surface area (Å²) in [6.45, 7) is 2.27. The van der Waals surface area contributed by atoms with Gasteiger partial charge in [-0.05, 0) is 54.0 Å². The van der Waals surface area contributed by atoms with E-state index in [0.717, 1.165) is 37.6 Å². The third kappa shape index (κ3) is 9.00. The van der Waals surface area contributed by atoms with Crippen molar-refractivity contribution < 1.29 is 4.74 Å². The molecule has 2 aromatic rings. The first-order valence-electron chi connectivity index (χ1n) is 12.5. The van der Waals surface area contributed by atoms with E-state index in [-0.39, 0.29) is 0 Å². The highest BCUT2D eigenvalue weighted by atomic mass is 16.5. The van der Waals surface area contributed by atoms with Crippen molar-refractivity contribution >= 4 is 18.0 Å². The Labute approximate surface area is 209 Å². The van der Waals surface area contributed by atoms with Gasteiger partial charge in [-0.3, -0.25) is 10.4 Å². The lowest BCUT2D eigenvalue weighted by Gasteiger charge is -2.28. The van der Waals surface area contributed by atoms with E-state index >= 15 is 0 Å². The average Bonchev–Trinajstić information content (AvgIpc) is 2.93. The summed E-state index contributed by atoms with van der Waals surface area (Å²) in [5.41, 5.74) is 8.02. The van der Waals surface area contributed by atoms with Crippen molar-refractivity contribution in [1.29, 1.82) is 0 Å². The number of aliphatic imine (C=N–C) groups is 2. The van der Waals surface area contributed by atoms with E-state index in [1.165, 1.54) is 48.8 Å². The van der Waals surface area contributed by atoms with Crippen LogP contribution in [0, 0.1) is 5.92 Å². The van der Waals surface area contributed by atoms with Crippen molar-refractivity contribution in [2.45, 2.75) is 51.6 Å². The van der Waals surface area contributed by atoms with Gasteiger partial charge in [0.25, 0.3) is 0 Å². The molecule has 0 saturated heterocycles. The van der Waals surface area contributed by atoms with Crippen LogP contribution >= 0.6 is 0 Å². The molecule has 0 spiro atoms. The van der Waals surface area contributed by atoms with Crippen molar-refractivity contribution in [3.05, 3.63) is 71.3 Å². The van der Waals surface area contributed by atoms with Gasteiger partial charge in [0.2, 0.25) is 0 Å². The minimum atomic E-state index is 0.604. The lowest BCUT2D eigenvalue weighted by Crippen LogP contribution is -2.14. The van der Waals surface area contributed by atoms with Gasteiger partial charge in [0.1, 0.15) is 12.4 Å². The van der Waals surface area contributed by atoms with E-state index in [1.54, 1.807) is 18.8 Å². The number of nitrogens with zero attached hydrogens (tertiary/aromatic N) is 4. The van der Waals surface area contributed by atoms with Gasteiger partial charge in [0.15, 0.2) is 0 Å². The molecule has 0 amide bonds. The minimum Gasteiger partial charge on any atom is -0.489 e. The molecule has 1 saturated carbocycles. The summed E-state index contributed by atoms with van der Waals surface area (Å²) in [6.07, 6.45) is 12.7. The number of hydrogen-bond acceptors (Lipinski definition) is 5. The van der Waals surface area contributed by atoms with Crippen LogP contribution in [0.2, 0.25) is 0 Å². The molecule has 0 unspecified atom stereocenters. The Morgan fingerprint density at radius 1 is 1.09 bits per heavy atom. The molecule has 1 heterocycles. The summed E-state index contributed by atoms with van der Waals surface area (Å²) in [4.78, 5) is 8.34. The maximum Gasteiger partial charge on any atom is 0.120 e. The van der Waals surface area contributed by atoms with E-state index in [0.29, 0.717) is 6.61 Å². The van der Waals surface area contributed by atoms with Crippen LogP contribution in [0.4, 0.5) is 0 Å². The van der Waals surface area contributed by atoms with E-state index in [9.17, 15) is 0 Å². The van der Waals surface area contributed by atoms with Crippen molar-refractivity contribution in [2.24, 2.45) is 32.2 Å². The van der Waals surface area contributed by atoms with Gasteiger partial charge in [0.05, 0.1) is 0 Å². The Bertz CT molecular complexity index is 982. The summed E-state index contributed by atoms with van der Waals surface area (Å²) in [6, 6.07) is 18.9. The standard InChI is InChI=1S/C24H27NO.C4H11N5/c1-3-8-19(9-4-1)18-26-22-13-7-12-21(16-22)24-17-25-15-14-23(24)20-10-5-2-6-11-20;1-6-3-2-4-7-9-8-5/h1,3-4,7-9,12-13,16-17,20H,2,5-6,10-11,14-15,18H2;3H,2,4H2,1H3,(H2,5,9)(H,7,8). The first kappa shape index (κ1) is 26.1. The van der Waals surface area contributed by atoms with Crippen LogP contribution < -0.4 is 16.0 Å². The van der Waals surface area contributed by atoms with Crippen molar-refractivity contribution in [1.82, 2.24) is 5.43 Å². The van der Waals surface area contributed by atoms with E-state index in [1.807, 2.05) is 12.1 Å². The lowest BCUT2D eigenvalue weighted by atomic mass is 9.79. The van der Waals surface area contributed by atoms with Gasteiger partial charge in [-0.2, -0.15) is 0 Å². The van der Waals surface area contributed by atoms with Crippen molar-refractivity contribution in [2.75, 3.05) is 20.1 Å². The van der Waals surface area contributed by atoms with Crippen molar-refractivity contribution in [3.63, 3.8) is 0 Å². The Morgan fingerprint density at radius 2 is 1.91 bits per heavy atom. The number of hydrogen-bond donors (Lipinski definition) is 2. The van der Waals surface area contributed by atoms with Crippen LogP contribution in [0.1, 0.15) is 56.1 Å². The van der Waals surface area contributed by atoms with E-state index in [2.05, 4.69) is 74.5 Å². The Morgan fingerprint density at radius 3 is 2.69 bits per heavy atom. The molecule has 4 rings (SSSR count). The normalized spacial score (nSPS) is 16.4. The SMILES string of the molecule is C1=NCCC(C2CCCCC2)=C1c1cccc(OCc2ccccc2)c1.CN=CCCN/N=N\N. The van der Waals surface area contributed by atoms with Crippen LogP contribution in [-0.4, -0.2) is 32.6 Å². The predicted molar refractivity (Wildman–Crippen MR) is 145 cm³/mol. The maximum atomic E-state index is 6.04. The minimum absolute atomic E-state index is 0.604. The quantitative estimate of drug-likeness (QED) is 0.154. The molecule has 0 aromatic heterocycles. The van der Waals surface area contributed by atoms with Gasteiger partial charge in [0, 0.05) is 39.0 Å². The Balaban J connectivity index is 0.000000327. The summed E-state index contributed by atoms with van der Waals surface area (Å²) in [5, 5.41) is 6.34. The molecule has 7 heteroatoms. The molecule has 1 aliphatic carbocycles. The molecule has 0 atom stereocenters. The molecule has 2 aliphatic rings.